The maximum atomic E-state index is 12.2. The van der Waals surface area contributed by atoms with Crippen LogP contribution in [0.25, 0.3) is 0 Å². The van der Waals surface area contributed by atoms with Crippen LogP contribution in [0, 0.1) is 13.8 Å². The van der Waals surface area contributed by atoms with Gasteiger partial charge < -0.3 is 14.6 Å². The zero-order valence-corrected chi connectivity index (χ0v) is 11.6. The Morgan fingerprint density at radius 2 is 2.20 bits per heavy atom. The lowest BCUT2D eigenvalue weighted by molar-refractivity contribution is 0.0690. The summed E-state index contributed by atoms with van der Waals surface area (Å²) in [5, 5.41) is 12.6. The number of aromatic carboxylic acids is 1. The van der Waals surface area contributed by atoms with Crippen LogP contribution in [0.15, 0.2) is 21.7 Å². The van der Waals surface area contributed by atoms with Crippen molar-refractivity contribution in [3.05, 3.63) is 35.0 Å². The van der Waals surface area contributed by atoms with E-state index in [1.54, 1.807) is 0 Å². The van der Waals surface area contributed by atoms with E-state index in [0.29, 0.717) is 5.69 Å². The Morgan fingerprint density at radius 1 is 1.50 bits per heavy atom. The van der Waals surface area contributed by atoms with Crippen LogP contribution in [-0.2, 0) is 16.6 Å². The van der Waals surface area contributed by atoms with E-state index in [9.17, 15) is 13.2 Å². The number of hydrogen-bond acceptors (Lipinski definition) is 5. The quantitative estimate of drug-likeness (QED) is 0.749. The number of aromatic nitrogens is 2. The molecule has 0 bridgehead atoms. The van der Waals surface area contributed by atoms with Gasteiger partial charge in [-0.05, 0) is 13.8 Å². The molecular weight excluding hydrogens is 286 g/mol. The van der Waals surface area contributed by atoms with Crippen molar-refractivity contribution < 1.29 is 22.8 Å². The number of sulfonamides is 1. The lowest BCUT2D eigenvalue weighted by Gasteiger charge is -2.06. The molecule has 8 nitrogen and oxygen atoms in total. The largest absolute Gasteiger partial charge is 0.477 e. The van der Waals surface area contributed by atoms with Crippen molar-refractivity contribution in [3.8, 4) is 0 Å². The fourth-order valence-corrected chi connectivity index (χ4v) is 3.36. The van der Waals surface area contributed by atoms with E-state index < -0.39 is 16.0 Å². The van der Waals surface area contributed by atoms with E-state index in [0.717, 1.165) is 0 Å². The number of aromatic amines is 1. The van der Waals surface area contributed by atoms with E-state index >= 15 is 0 Å². The third-order valence-electron chi connectivity index (χ3n) is 2.79. The predicted molar refractivity (Wildman–Crippen MR) is 67.8 cm³/mol. The first-order valence-corrected chi connectivity index (χ1v) is 7.12. The molecule has 0 amide bonds. The van der Waals surface area contributed by atoms with Crippen LogP contribution in [0.3, 0.4) is 0 Å². The Kier molecular flexibility index (Phi) is 3.64. The molecule has 2 heterocycles. The molecule has 2 aromatic rings. The molecule has 2 rings (SSSR count). The lowest BCUT2D eigenvalue weighted by Crippen LogP contribution is -2.24. The minimum atomic E-state index is -3.84. The number of H-pyrrole nitrogens is 1. The number of aryl methyl sites for hydroxylation is 1. The van der Waals surface area contributed by atoms with Gasteiger partial charge in [-0.25, -0.2) is 17.9 Å². The minimum Gasteiger partial charge on any atom is -0.477 e. The van der Waals surface area contributed by atoms with Gasteiger partial charge in [0.1, 0.15) is 16.9 Å². The molecule has 108 valence electrons. The Bertz CT molecular complexity index is 730. The van der Waals surface area contributed by atoms with Crippen molar-refractivity contribution in [1.29, 1.82) is 0 Å². The van der Waals surface area contributed by atoms with Gasteiger partial charge in [0, 0.05) is 17.3 Å². The van der Waals surface area contributed by atoms with Crippen molar-refractivity contribution >= 4 is 16.0 Å². The molecule has 3 N–H and O–H groups in total. The Hall–Kier alpha value is -2.13. The van der Waals surface area contributed by atoms with Crippen molar-refractivity contribution in [2.24, 2.45) is 0 Å². The summed E-state index contributed by atoms with van der Waals surface area (Å²) in [5.41, 5.74) is 0.734. The van der Waals surface area contributed by atoms with Crippen LogP contribution in [0.2, 0.25) is 0 Å². The van der Waals surface area contributed by atoms with E-state index in [2.05, 4.69) is 19.4 Å². The molecule has 20 heavy (non-hydrogen) atoms. The zero-order chi connectivity index (χ0) is 14.9. The molecule has 0 saturated carbocycles. The molecule has 2 aromatic heterocycles. The summed E-state index contributed by atoms with van der Waals surface area (Å²) in [6, 6.07) is 1.53. The predicted octanol–water partition coefficient (Wildman–Crippen LogP) is 0.796. The van der Waals surface area contributed by atoms with Crippen LogP contribution < -0.4 is 4.72 Å². The average Bonchev–Trinajstić information content (AvgIpc) is 2.95. The summed E-state index contributed by atoms with van der Waals surface area (Å²) in [7, 11) is -3.84. The smallest absolute Gasteiger partial charge is 0.352 e. The molecule has 0 spiro atoms. The highest BCUT2D eigenvalue weighted by Gasteiger charge is 2.26. The van der Waals surface area contributed by atoms with E-state index in [4.69, 9.17) is 5.11 Å². The Morgan fingerprint density at radius 3 is 2.70 bits per heavy atom. The lowest BCUT2D eigenvalue weighted by atomic mass is 10.2. The normalized spacial score (nSPS) is 11.7. The zero-order valence-electron chi connectivity index (χ0n) is 10.8. The van der Waals surface area contributed by atoms with Gasteiger partial charge in [-0.3, -0.25) is 0 Å². The SMILES string of the molecule is Cc1[nH]c(C(=O)O)c(C)c1S(=O)(=O)NCc1ccon1. The third-order valence-corrected chi connectivity index (χ3v) is 4.46. The number of carboxylic acid groups (broad SMARTS) is 1. The summed E-state index contributed by atoms with van der Waals surface area (Å²) in [6.45, 7) is 2.91. The summed E-state index contributed by atoms with van der Waals surface area (Å²) in [4.78, 5) is 13.5. The number of hydrogen-bond donors (Lipinski definition) is 3. The molecule has 0 aliphatic carbocycles. The fraction of sp³-hybridized carbons (Fsp3) is 0.273. The van der Waals surface area contributed by atoms with Crippen LogP contribution in [0.4, 0.5) is 0 Å². The first kappa shape index (κ1) is 14.3. The van der Waals surface area contributed by atoms with Gasteiger partial charge in [0.05, 0.1) is 12.2 Å². The Labute approximate surface area is 114 Å². The number of nitrogens with zero attached hydrogens (tertiary/aromatic N) is 1. The summed E-state index contributed by atoms with van der Waals surface area (Å²) in [6.07, 6.45) is 1.33. The average molecular weight is 299 g/mol. The van der Waals surface area contributed by atoms with Crippen LogP contribution in [-0.4, -0.2) is 29.6 Å². The van der Waals surface area contributed by atoms with Crippen LogP contribution in [0.5, 0.6) is 0 Å². The molecular formula is C11H13N3O5S. The van der Waals surface area contributed by atoms with Crippen molar-refractivity contribution in [1.82, 2.24) is 14.9 Å². The minimum absolute atomic E-state index is 0.0364. The summed E-state index contributed by atoms with van der Waals surface area (Å²) in [5.74, 6) is -1.21. The van der Waals surface area contributed by atoms with Crippen molar-refractivity contribution in [3.63, 3.8) is 0 Å². The fourth-order valence-electron chi connectivity index (χ4n) is 1.92. The number of carboxylic acids is 1. The van der Waals surface area contributed by atoms with E-state index in [1.165, 1.54) is 26.2 Å². The van der Waals surface area contributed by atoms with Gasteiger partial charge in [0.2, 0.25) is 10.0 Å². The highest BCUT2D eigenvalue weighted by molar-refractivity contribution is 7.89. The number of rotatable bonds is 5. The standard InChI is InChI=1S/C11H13N3O5S/c1-6-9(11(15)16)13-7(2)10(6)20(17,18)12-5-8-3-4-19-14-8/h3-4,12-13H,5H2,1-2H3,(H,15,16). The second-order valence-corrected chi connectivity index (χ2v) is 5.90. The Balaban J connectivity index is 2.32. The second kappa shape index (κ2) is 5.10. The first-order valence-electron chi connectivity index (χ1n) is 5.64. The first-order chi connectivity index (χ1) is 9.33. The highest BCUT2D eigenvalue weighted by Crippen LogP contribution is 2.23. The summed E-state index contributed by atoms with van der Waals surface area (Å²) < 4.78 is 31.4. The maximum Gasteiger partial charge on any atom is 0.352 e. The molecule has 9 heteroatoms. The van der Waals surface area contributed by atoms with Gasteiger partial charge >= 0.3 is 5.97 Å². The van der Waals surface area contributed by atoms with E-state index in [-0.39, 0.29) is 28.4 Å². The monoisotopic (exact) mass is 299 g/mol. The third kappa shape index (κ3) is 2.58. The number of nitrogens with one attached hydrogen (secondary N) is 2. The highest BCUT2D eigenvalue weighted by atomic mass is 32.2. The molecule has 0 fully saturated rings. The molecule has 0 aromatic carbocycles. The molecule has 0 unspecified atom stereocenters. The van der Waals surface area contributed by atoms with E-state index in [1.807, 2.05) is 0 Å². The maximum absolute atomic E-state index is 12.2. The van der Waals surface area contributed by atoms with Gasteiger partial charge in [-0.2, -0.15) is 0 Å². The molecule has 0 saturated heterocycles. The molecule has 0 radical (unpaired) electrons. The van der Waals surface area contributed by atoms with Gasteiger partial charge in [-0.15, -0.1) is 0 Å². The van der Waals surface area contributed by atoms with Crippen LogP contribution in [0.1, 0.15) is 27.4 Å². The summed E-state index contributed by atoms with van der Waals surface area (Å²) >= 11 is 0. The van der Waals surface area contributed by atoms with Crippen LogP contribution >= 0.6 is 0 Å². The second-order valence-electron chi connectivity index (χ2n) is 4.20. The topological polar surface area (TPSA) is 125 Å². The molecule has 0 atom stereocenters. The van der Waals surface area contributed by atoms with Gasteiger partial charge in [-0.1, -0.05) is 5.16 Å². The number of carbonyl (C=O) groups is 1. The van der Waals surface area contributed by atoms with Crippen molar-refractivity contribution in [2.75, 3.05) is 0 Å². The molecule has 0 aliphatic rings. The van der Waals surface area contributed by atoms with Gasteiger partial charge in [0.25, 0.3) is 0 Å². The van der Waals surface area contributed by atoms with Crippen molar-refractivity contribution in [2.45, 2.75) is 25.3 Å². The van der Waals surface area contributed by atoms with Gasteiger partial charge in [0.15, 0.2) is 0 Å². The molecule has 0 aliphatic heterocycles.